The first-order chi connectivity index (χ1) is 8.20. The van der Waals surface area contributed by atoms with E-state index in [1.165, 1.54) is 0 Å². The number of hydrogen-bond acceptors (Lipinski definition) is 0. The van der Waals surface area contributed by atoms with Crippen LogP contribution in [0.15, 0.2) is 0 Å². The maximum Gasteiger partial charge on any atom is 0.248 e. The first-order valence-corrected chi connectivity index (χ1v) is 4.94. The molecule has 0 saturated carbocycles. The fraction of sp³-hybridized carbons (Fsp3) is 0.455. The van der Waals surface area contributed by atoms with Gasteiger partial charge < -0.3 is 0 Å². The van der Waals surface area contributed by atoms with Gasteiger partial charge >= 0.3 is 0 Å². The van der Waals surface area contributed by atoms with Crippen molar-refractivity contribution in [3.63, 3.8) is 0 Å². The molecule has 0 aliphatic carbocycles. The molecule has 18 heavy (non-hydrogen) atoms. The van der Waals surface area contributed by atoms with Crippen molar-refractivity contribution in [2.24, 2.45) is 0 Å². The lowest BCUT2D eigenvalue weighted by Crippen LogP contribution is -2.23. The van der Waals surface area contributed by atoms with Gasteiger partial charge in [0.15, 0.2) is 23.3 Å². The second-order valence-corrected chi connectivity index (χ2v) is 3.83. The molecule has 0 aliphatic heterocycles. The maximum absolute atomic E-state index is 13.4. The molecule has 7 heteroatoms. The van der Waals surface area contributed by atoms with Gasteiger partial charge in [-0.3, -0.25) is 0 Å². The Labute approximate surface area is 98.4 Å². The molecule has 0 aliphatic rings. The van der Waals surface area contributed by atoms with E-state index in [4.69, 9.17) is 0 Å². The van der Waals surface area contributed by atoms with Gasteiger partial charge in [-0.1, -0.05) is 0 Å². The Kier molecular flexibility index (Phi) is 4.24. The predicted molar refractivity (Wildman–Crippen MR) is 50.3 cm³/mol. The number of alkyl halides is 3. The van der Waals surface area contributed by atoms with Crippen molar-refractivity contribution >= 4 is 0 Å². The molecular weight excluding hydrogens is 265 g/mol. The van der Waals surface area contributed by atoms with Crippen LogP contribution < -0.4 is 0 Å². The van der Waals surface area contributed by atoms with E-state index in [2.05, 4.69) is 0 Å². The molecule has 0 aromatic heterocycles. The lowest BCUT2D eigenvalue weighted by molar-refractivity contribution is 0.0737. The molecule has 0 N–H and O–H groups in total. The van der Waals surface area contributed by atoms with Crippen LogP contribution in [0.3, 0.4) is 0 Å². The summed E-state index contributed by atoms with van der Waals surface area (Å²) in [5.74, 6) is -10.5. The third-order valence-corrected chi connectivity index (χ3v) is 2.65. The van der Waals surface area contributed by atoms with E-state index in [0.717, 1.165) is 6.92 Å². The zero-order valence-corrected chi connectivity index (χ0v) is 9.38. The van der Waals surface area contributed by atoms with Gasteiger partial charge in [0.05, 0.1) is 5.92 Å². The van der Waals surface area contributed by atoms with E-state index in [0.29, 0.717) is 6.92 Å². The fourth-order valence-corrected chi connectivity index (χ4v) is 1.71. The summed E-state index contributed by atoms with van der Waals surface area (Å²) in [6.45, 7) is 1.49. The second kappa shape index (κ2) is 5.16. The topological polar surface area (TPSA) is 0 Å². The van der Waals surface area contributed by atoms with Gasteiger partial charge in [-0.15, -0.1) is 0 Å². The van der Waals surface area contributed by atoms with E-state index in [1.807, 2.05) is 0 Å². The molecule has 2 atom stereocenters. The maximum atomic E-state index is 13.4. The summed E-state index contributed by atoms with van der Waals surface area (Å²) in [4.78, 5) is 0. The minimum Gasteiger partial charge on any atom is -0.247 e. The third kappa shape index (κ3) is 2.30. The Morgan fingerprint density at radius 1 is 0.778 bits per heavy atom. The van der Waals surface area contributed by atoms with Crippen LogP contribution in [0.5, 0.6) is 0 Å². The van der Waals surface area contributed by atoms with Crippen molar-refractivity contribution in [3.8, 4) is 0 Å². The first kappa shape index (κ1) is 14.8. The van der Waals surface area contributed by atoms with Gasteiger partial charge in [-0.2, -0.15) is 0 Å². The molecular formula is C11H9F7. The molecule has 102 valence electrons. The van der Waals surface area contributed by atoms with E-state index < -0.39 is 52.9 Å². The number of benzene rings is 1. The Bertz CT molecular complexity index is 416. The molecule has 1 rings (SSSR count). The molecule has 0 spiro atoms. The first-order valence-electron chi connectivity index (χ1n) is 4.94. The van der Waals surface area contributed by atoms with Crippen molar-refractivity contribution < 1.29 is 30.7 Å². The summed E-state index contributed by atoms with van der Waals surface area (Å²) in [6.07, 6.45) is -5.62. The van der Waals surface area contributed by atoms with Crippen molar-refractivity contribution in [1.29, 1.82) is 0 Å². The third-order valence-electron chi connectivity index (χ3n) is 2.65. The van der Waals surface area contributed by atoms with Gasteiger partial charge in [0.1, 0.15) is 6.17 Å². The predicted octanol–water partition coefficient (Wildman–Crippen LogP) is 4.26. The summed E-state index contributed by atoms with van der Waals surface area (Å²) >= 11 is 0. The van der Waals surface area contributed by atoms with Crippen LogP contribution in [0.1, 0.15) is 24.0 Å². The van der Waals surface area contributed by atoms with Crippen LogP contribution in [0.2, 0.25) is 0 Å². The highest BCUT2D eigenvalue weighted by Crippen LogP contribution is 2.35. The van der Waals surface area contributed by atoms with Crippen molar-refractivity contribution in [1.82, 2.24) is 0 Å². The average molecular weight is 274 g/mol. The van der Waals surface area contributed by atoms with Crippen molar-refractivity contribution in [3.05, 3.63) is 34.4 Å². The molecule has 0 saturated heterocycles. The largest absolute Gasteiger partial charge is 0.248 e. The minimum atomic E-state index is -3.37. The SMILES string of the molecule is Cc1c(F)c(F)c(F)c(F)c1C(C(C)F)C(F)F. The van der Waals surface area contributed by atoms with E-state index in [1.54, 1.807) is 0 Å². The molecule has 0 fully saturated rings. The minimum absolute atomic E-state index is 0.703. The van der Waals surface area contributed by atoms with Crippen LogP contribution in [0.4, 0.5) is 30.7 Å². The van der Waals surface area contributed by atoms with Crippen LogP contribution in [-0.4, -0.2) is 12.6 Å². The second-order valence-electron chi connectivity index (χ2n) is 3.83. The smallest absolute Gasteiger partial charge is 0.247 e. The monoisotopic (exact) mass is 274 g/mol. The summed E-state index contributed by atoms with van der Waals surface area (Å²) in [7, 11) is 0. The lowest BCUT2D eigenvalue weighted by Gasteiger charge is -2.21. The van der Waals surface area contributed by atoms with Crippen LogP contribution in [0, 0.1) is 30.2 Å². The van der Waals surface area contributed by atoms with Gasteiger partial charge in [0.2, 0.25) is 6.43 Å². The highest BCUT2D eigenvalue weighted by atomic mass is 19.3. The van der Waals surface area contributed by atoms with Gasteiger partial charge in [0, 0.05) is 5.56 Å². The average Bonchev–Trinajstić information content (AvgIpc) is 2.28. The van der Waals surface area contributed by atoms with E-state index >= 15 is 0 Å². The Balaban J connectivity index is 3.58. The molecule has 0 amide bonds. The normalized spacial score (nSPS) is 15.0. The van der Waals surface area contributed by atoms with Crippen LogP contribution in [0.25, 0.3) is 0 Å². The molecule has 1 aromatic rings. The number of halogens is 7. The van der Waals surface area contributed by atoms with E-state index in [9.17, 15) is 30.7 Å². The van der Waals surface area contributed by atoms with Crippen LogP contribution >= 0.6 is 0 Å². The van der Waals surface area contributed by atoms with Gasteiger partial charge in [-0.25, -0.2) is 30.7 Å². The standard InChI is InChI=1S/C11H9F7/c1-3-5(6(4(2)12)11(17)18)8(14)10(16)9(15)7(3)13/h4,6,11H,1-2H3. The molecule has 0 heterocycles. The van der Waals surface area contributed by atoms with E-state index in [-0.39, 0.29) is 0 Å². The fourth-order valence-electron chi connectivity index (χ4n) is 1.71. The Hall–Kier alpha value is -1.27. The van der Waals surface area contributed by atoms with Gasteiger partial charge in [-0.05, 0) is 19.4 Å². The summed E-state index contributed by atoms with van der Waals surface area (Å²) in [5, 5.41) is 0. The molecule has 2 unspecified atom stereocenters. The Morgan fingerprint density at radius 3 is 1.61 bits per heavy atom. The molecule has 1 aromatic carbocycles. The lowest BCUT2D eigenvalue weighted by atomic mass is 9.90. The summed E-state index contributed by atoms with van der Waals surface area (Å²) in [6, 6.07) is 0. The van der Waals surface area contributed by atoms with Gasteiger partial charge in [0.25, 0.3) is 0 Å². The molecule has 0 nitrogen and oxygen atoms in total. The van der Waals surface area contributed by atoms with Crippen LogP contribution in [-0.2, 0) is 0 Å². The highest BCUT2D eigenvalue weighted by molar-refractivity contribution is 5.35. The zero-order chi connectivity index (χ0) is 14.2. The molecule has 0 bridgehead atoms. The number of rotatable bonds is 3. The highest BCUT2D eigenvalue weighted by Gasteiger charge is 2.36. The van der Waals surface area contributed by atoms with Crippen molar-refractivity contribution in [2.75, 3.05) is 0 Å². The summed E-state index contributed by atoms with van der Waals surface area (Å²) in [5.41, 5.74) is -2.03. The summed E-state index contributed by atoms with van der Waals surface area (Å²) < 4.78 is 90.6. The van der Waals surface area contributed by atoms with Crippen molar-refractivity contribution in [2.45, 2.75) is 32.4 Å². The quantitative estimate of drug-likeness (QED) is 0.439. The zero-order valence-electron chi connectivity index (χ0n) is 9.38. The number of hydrogen-bond donors (Lipinski definition) is 0. The Morgan fingerprint density at radius 2 is 1.22 bits per heavy atom. The molecule has 0 radical (unpaired) electrons.